The van der Waals surface area contributed by atoms with Crippen LogP contribution in [0.25, 0.3) is 0 Å². The minimum Gasteiger partial charge on any atom is -0.336 e. The number of nitrogens with one attached hydrogen (secondary N) is 1. The fourth-order valence-electron chi connectivity index (χ4n) is 2.16. The van der Waals surface area contributed by atoms with Gasteiger partial charge in [0, 0.05) is 31.1 Å². The molecule has 0 spiro atoms. The zero-order valence-electron chi connectivity index (χ0n) is 10.6. The van der Waals surface area contributed by atoms with Crippen molar-refractivity contribution in [1.29, 1.82) is 0 Å². The molecule has 0 saturated carbocycles. The van der Waals surface area contributed by atoms with Gasteiger partial charge in [-0.1, -0.05) is 20.8 Å². The number of hydrogen-bond acceptors (Lipinski definition) is 2. The Kier molecular flexibility index (Phi) is 3.77. The van der Waals surface area contributed by atoms with Crippen LogP contribution >= 0.6 is 0 Å². The van der Waals surface area contributed by atoms with Crippen molar-refractivity contribution >= 4 is 5.91 Å². The normalized spacial score (nSPS) is 25.7. The van der Waals surface area contributed by atoms with Crippen LogP contribution in [0.4, 0.5) is 0 Å². The second-order valence-electron chi connectivity index (χ2n) is 5.45. The highest BCUT2D eigenvalue weighted by Gasteiger charge is 2.35. The van der Waals surface area contributed by atoms with E-state index in [0.29, 0.717) is 18.4 Å². The number of hydrogen-bond donors (Lipinski definition) is 1. The summed E-state index contributed by atoms with van der Waals surface area (Å²) in [5.74, 6) is 0.798. The molecule has 88 valence electrons. The number of carbonyl (C=O) groups is 1. The van der Waals surface area contributed by atoms with Crippen LogP contribution in [0.5, 0.6) is 0 Å². The third-order valence-corrected chi connectivity index (χ3v) is 3.15. The van der Waals surface area contributed by atoms with Crippen molar-refractivity contribution in [1.82, 2.24) is 10.2 Å². The summed E-state index contributed by atoms with van der Waals surface area (Å²) in [6.45, 7) is 12.3. The Morgan fingerprint density at radius 1 is 1.53 bits per heavy atom. The molecule has 0 aromatic heterocycles. The molecule has 1 fully saturated rings. The van der Waals surface area contributed by atoms with E-state index >= 15 is 0 Å². The maximum absolute atomic E-state index is 11.9. The summed E-state index contributed by atoms with van der Waals surface area (Å²) in [5, 5.41) is 3.50. The van der Waals surface area contributed by atoms with Crippen molar-refractivity contribution < 1.29 is 4.79 Å². The molecule has 3 nitrogen and oxygen atoms in total. The number of piperazine rings is 1. The van der Waals surface area contributed by atoms with Gasteiger partial charge in [0.05, 0.1) is 0 Å². The standard InChI is InChI=1S/C12H24N2O/c1-6-11(15)14-8-12(4,5)13-7-10(14)9(2)3/h9-10,13H,6-8H2,1-5H3. The summed E-state index contributed by atoms with van der Waals surface area (Å²) in [6.07, 6.45) is 0.610. The lowest BCUT2D eigenvalue weighted by atomic mass is 9.93. The summed E-state index contributed by atoms with van der Waals surface area (Å²) in [5.41, 5.74) is 0.0518. The van der Waals surface area contributed by atoms with Gasteiger partial charge in [-0.2, -0.15) is 0 Å². The van der Waals surface area contributed by atoms with E-state index in [1.54, 1.807) is 0 Å². The fraction of sp³-hybridized carbons (Fsp3) is 0.917. The van der Waals surface area contributed by atoms with Crippen molar-refractivity contribution in [2.45, 2.75) is 52.6 Å². The van der Waals surface area contributed by atoms with Crippen LogP contribution in [0.2, 0.25) is 0 Å². The lowest BCUT2D eigenvalue weighted by molar-refractivity contribution is -0.137. The Hall–Kier alpha value is -0.570. The maximum Gasteiger partial charge on any atom is 0.222 e. The van der Waals surface area contributed by atoms with Gasteiger partial charge in [0.1, 0.15) is 0 Å². The molecular weight excluding hydrogens is 188 g/mol. The van der Waals surface area contributed by atoms with E-state index in [9.17, 15) is 4.79 Å². The van der Waals surface area contributed by atoms with Gasteiger partial charge in [-0.3, -0.25) is 4.79 Å². The quantitative estimate of drug-likeness (QED) is 0.754. The van der Waals surface area contributed by atoms with E-state index in [0.717, 1.165) is 13.1 Å². The molecule has 0 radical (unpaired) electrons. The summed E-state index contributed by atoms with van der Waals surface area (Å²) < 4.78 is 0. The van der Waals surface area contributed by atoms with Gasteiger partial charge in [0.15, 0.2) is 0 Å². The Labute approximate surface area is 93.2 Å². The van der Waals surface area contributed by atoms with Gasteiger partial charge >= 0.3 is 0 Å². The summed E-state index contributed by atoms with van der Waals surface area (Å²) in [7, 11) is 0. The maximum atomic E-state index is 11.9. The number of carbonyl (C=O) groups excluding carboxylic acids is 1. The summed E-state index contributed by atoms with van der Waals surface area (Å²) in [4.78, 5) is 13.9. The lowest BCUT2D eigenvalue weighted by Crippen LogP contribution is -2.64. The minimum absolute atomic E-state index is 0.0518. The molecule has 1 aliphatic rings. The first-order valence-electron chi connectivity index (χ1n) is 5.92. The highest BCUT2D eigenvalue weighted by atomic mass is 16.2. The van der Waals surface area contributed by atoms with Crippen molar-refractivity contribution in [3.8, 4) is 0 Å². The van der Waals surface area contributed by atoms with Gasteiger partial charge in [0.25, 0.3) is 0 Å². The monoisotopic (exact) mass is 212 g/mol. The summed E-state index contributed by atoms with van der Waals surface area (Å²) in [6, 6.07) is 0.352. The smallest absolute Gasteiger partial charge is 0.222 e. The largest absolute Gasteiger partial charge is 0.336 e. The Bertz CT molecular complexity index is 236. The molecule has 1 rings (SSSR count). The SMILES string of the molecule is CCC(=O)N1CC(C)(C)NCC1C(C)C. The molecular formula is C12H24N2O. The van der Waals surface area contributed by atoms with Crippen LogP contribution in [-0.2, 0) is 4.79 Å². The molecule has 0 bridgehead atoms. The zero-order valence-corrected chi connectivity index (χ0v) is 10.6. The first-order chi connectivity index (χ1) is 6.87. The number of rotatable bonds is 2. The van der Waals surface area contributed by atoms with E-state index in [2.05, 4.69) is 37.9 Å². The number of nitrogens with zero attached hydrogens (tertiary/aromatic N) is 1. The predicted molar refractivity (Wildman–Crippen MR) is 62.7 cm³/mol. The van der Waals surface area contributed by atoms with Crippen molar-refractivity contribution in [2.24, 2.45) is 5.92 Å². The van der Waals surface area contributed by atoms with Crippen molar-refractivity contribution in [3.05, 3.63) is 0 Å². The topological polar surface area (TPSA) is 32.3 Å². The van der Waals surface area contributed by atoms with Crippen LogP contribution in [0, 0.1) is 5.92 Å². The lowest BCUT2D eigenvalue weighted by Gasteiger charge is -2.46. The Morgan fingerprint density at radius 2 is 2.13 bits per heavy atom. The highest BCUT2D eigenvalue weighted by molar-refractivity contribution is 5.76. The van der Waals surface area contributed by atoms with Crippen LogP contribution in [-0.4, -0.2) is 35.5 Å². The third-order valence-electron chi connectivity index (χ3n) is 3.15. The van der Waals surface area contributed by atoms with Crippen LogP contribution < -0.4 is 5.32 Å². The van der Waals surface area contributed by atoms with Gasteiger partial charge < -0.3 is 10.2 Å². The first kappa shape index (κ1) is 12.5. The molecule has 0 aromatic rings. The van der Waals surface area contributed by atoms with E-state index < -0.39 is 0 Å². The second kappa shape index (κ2) is 4.52. The molecule has 1 heterocycles. The Balaban J connectivity index is 2.78. The third kappa shape index (κ3) is 2.94. The van der Waals surface area contributed by atoms with Crippen LogP contribution in [0.1, 0.15) is 41.0 Å². The van der Waals surface area contributed by atoms with Crippen LogP contribution in [0.3, 0.4) is 0 Å². The average molecular weight is 212 g/mol. The molecule has 1 amide bonds. The van der Waals surface area contributed by atoms with E-state index in [-0.39, 0.29) is 11.4 Å². The van der Waals surface area contributed by atoms with Gasteiger partial charge in [-0.15, -0.1) is 0 Å². The molecule has 0 aliphatic carbocycles. The van der Waals surface area contributed by atoms with E-state index in [4.69, 9.17) is 0 Å². The molecule has 1 saturated heterocycles. The molecule has 3 heteroatoms. The van der Waals surface area contributed by atoms with Gasteiger partial charge in [0.2, 0.25) is 5.91 Å². The minimum atomic E-state index is 0.0518. The predicted octanol–water partition coefficient (Wildman–Crippen LogP) is 1.63. The molecule has 15 heavy (non-hydrogen) atoms. The van der Waals surface area contributed by atoms with Crippen molar-refractivity contribution in [2.75, 3.05) is 13.1 Å². The second-order valence-corrected chi connectivity index (χ2v) is 5.45. The molecule has 1 aliphatic heterocycles. The first-order valence-corrected chi connectivity index (χ1v) is 5.92. The summed E-state index contributed by atoms with van der Waals surface area (Å²) >= 11 is 0. The molecule has 1 unspecified atom stereocenters. The molecule has 1 N–H and O–H groups in total. The van der Waals surface area contributed by atoms with Gasteiger partial charge in [-0.25, -0.2) is 0 Å². The van der Waals surface area contributed by atoms with Gasteiger partial charge in [-0.05, 0) is 19.8 Å². The zero-order chi connectivity index (χ0) is 11.6. The average Bonchev–Trinajstić information content (AvgIpc) is 2.14. The van der Waals surface area contributed by atoms with E-state index in [1.807, 2.05) is 6.92 Å². The molecule has 1 atom stereocenters. The fourth-order valence-corrected chi connectivity index (χ4v) is 2.16. The van der Waals surface area contributed by atoms with E-state index in [1.165, 1.54) is 0 Å². The highest BCUT2D eigenvalue weighted by Crippen LogP contribution is 2.20. The molecule has 0 aromatic carbocycles. The van der Waals surface area contributed by atoms with Crippen LogP contribution in [0.15, 0.2) is 0 Å². The Morgan fingerprint density at radius 3 is 2.60 bits per heavy atom. The number of amides is 1. The van der Waals surface area contributed by atoms with Crippen molar-refractivity contribution in [3.63, 3.8) is 0 Å².